The van der Waals surface area contributed by atoms with Gasteiger partial charge in [-0.25, -0.2) is 0 Å². The number of rotatable bonds is 3. The van der Waals surface area contributed by atoms with E-state index in [0.717, 1.165) is 16.5 Å². The number of H-pyrrole nitrogens is 1. The molecule has 16 heavy (non-hydrogen) atoms. The third-order valence-corrected chi connectivity index (χ3v) is 2.37. The van der Waals surface area contributed by atoms with Crippen molar-refractivity contribution < 1.29 is 4.79 Å². The molecule has 3 nitrogen and oxygen atoms in total. The highest BCUT2D eigenvalue weighted by atomic mass is 16.1. The zero-order valence-corrected chi connectivity index (χ0v) is 8.79. The lowest BCUT2D eigenvalue weighted by molar-refractivity contribution is -0.120. The van der Waals surface area contributed by atoms with Crippen LogP contribution in [0, 0.1) is 12.3 Å². The number of nitrogens with one attached hydrogen (secondary N) is 2. The maximum atomic E-state index is 11.4. The molecule has 0 bridgehead atoms. The molecule has 0 saturated carbocycles. The van der Waals surface area contributed by atoms with E-state index in [1.54, 1.807) is 0 Å². The average Bonchev–Trinajstić information content (AvgIpc) is 2.73. The van der Waals surface area contributed by atoms with Crippen LogP contribution >= 0.6 is 0 Å². The van der Waals surface area contributed by atoms with Crippen LogP contribution in [-0.4, -0.2) is 17.4 Å². The van der Waals surface area contributed by atoms with E-state index in [-0.39, 0.29) is 12.5 Å². The second-order valence-corrected chi connectivity index (χ2v) is 3.56. The summed E-state index contributed by atoms with van der Waals surface area (Å²) in [5.41, 5.74) is 2.02. The van der Waals surface area contributed by atoms with E-state index in [4.69, 9.17) is 6.42 Å². The molecule has 0 atom stereocenters. The highest BCUT2D eigenvalue weighted by molar-refractivity contribution is 5.83. The first kappa shape index (κ1) is 10.3. The van der Waals surface area contributed by atoms with Crippen LogP contribution in [-0.2, 0) is 11.2 Å². The van der Waals surface area contributed by atoms with E-state index < -0.39 is 0 Å². The van der Waals surface area contributed by atoms with Crippen molar-refractivity contribution in [1.29, 1.82) is 0 Å². The number of amides is 1. The van der Waals surface area contributed by atoms with E-state index in [1.807, 2.05) is 30.5 Å². The highest BCUT2D eigenvalue weighted by Crippen LogP contribution is 2.14. The first-order valence-electron chi connectivity index (χ1n) is 5.06. The third-order valence-electron chi connectivity index (χ3n) is 2.37. The number of benzene rings is 1. The van der Waals surface area contributed by atoms with E-state index in [1.165, 1.54) is 0 Å². The van der Waals surface area contributed by atoms with Crippen LogP contribution in [0.25, 0.3) is 10.9 Å². The van der Waals surface area contributed by atoms with Gasteiger partial charge in [0.15, 0.2) is 0 Å². The van der Waals surface area contributed by atoms with Crippen molar-refractivity contribution in [2.45, 2.75) is 6.42 Å². The van der Waals surface area contributed by atoms with Crippen molar-refractivity contribution in [3.8, 4) is 12.3 Å². The van der Waals surface area contributed by atoms with Crippen molar-refractivity contribution in [3.05, 3.63) is 36.0 Å². The Labute approximate surface area is 93.9 Å². The average molecular weight is 212 g/mol. The number of hydrogen-bond donors (Lipinski definition) is 2. The van der Waals surface area contributed by atoms with Gasteiger partial charge in [0.25, 0.3) is 0 Å². The van der Waals surface area contributed by atoms with Gasteiger partial charge in [0.2, 0.25) is 5.91 Å². The molecule has 3 heteroatoms. The maximum Gasteiger partial charge on any atom is 0.225 e. The Morgan fingerprint density at radius 2 is 2.31 bits per heavy atom. The van der Waals surface area contributed by atoms with Crippen molar-refractivity contribution in [2.24, 2.45) is 0 Å². The number of aromatic nitrogens is 1. The molecule has 80 valence electrons. The van der Waals surface area contributed by atoms with Gasteiger partial charge in [-0.2, -0.15) is 0 Å². The maximum absolute atomic E-state index is 11.4. The molecule has 1 heterocycles. The van der Waals surface area contributed by atoms with Crippen molar-refractivity contribution in [2.75, 3.05) is 6.54 Å². The second kappa shape index (κ2) is 4.54. The minimum absolute atomic E-state index is 0.0520. The molecule has 0 spiro atoms. The smallest absolute Gasteiger partial charge is 0.225 e. The molecular weight excluding hydrogens is 200 g/mol. The third kappa shape index (κ3) is 2.23. The molecule has 0 fully saturated rings. The van der Waals surface area contributed by atoms with Gasteiger partial charge >= 0.3 is 0 Å². The molecule has 2 N–H and O–H groups in total. The van der Waals surface area contributed by atoms with Crippen molar-refractivity contribution >= 4 is 16.8 Å². The molecule has 1 aromatic carbocycles. The van der Waals surface area contributed by atoms with Crippen LogP contribution in [0.1, 0.15) is 5.56 Å². The Morgan fingerprint density at radius 3 is 3.12 bits per heavy atom. The fourth-order valence-electron chi connectivity index (χ4n) is 1.60. The number of fused-ring (bicyclic) bond motifs is 1. The molecule has 0 aliphatic rings. The van der Waals surface area contributed by atoms with Crippen LogP contribution in [0.15, 0.2) is 30.5 Å². The molecule has 1 aromatic heterocycles. The Kier molecular flexibility index (Phi) is 2.93. The Morgan fingerprint density at radius 1 is 1.44 bits per heavy atom. The van der Waals surface area contributed by atoms with Crippen LogP contribution in [0.4, 0.5) is 0 Å². The van der Waals surface area contributed by atoms with E-state index >= 15 is 0 Å². The lowest BCUT2D eigenvalue weighted by Gasteiger charge is -2.02. The number of aromatic amines is 1. The van der Waals surface area contributed by atoms with Gasteiger partial charge in [0, 0.05) is 11.7 Å². The fourth-order valence-corrected chi connectivity index (χ4v) is 1.60. The molecular formula is C13H12N2O. The zero-order valence-electron chi connectivity index (χ0n) is 8.79. The normalized spacial score (nSPS) is 9.94. The number of hydrogen-bond acceptors (Lipinski definition) is 1. The first-order chi connectivity index (χ1) is 7.79. The standard InChI is InChI=1S/C13H12N2O/c1-2-6-15-13(16)9-10-3-4-11-5-7-14-12(11)8-10/h1,3-5,7-8,14H,6,9H2,(H,15,16). The fraction of sp³-hybridized carbons (Fsp3) is 0.154. The topological polar surface area (TPSA) is 44.9 Å². The van der Waals surface area contributed by atoms with E-state index in [2.05, 4.69) is 16.2 Å². The van der Waals surface area contributed by atoms with Crippen LogP contribution in [0.5, 0.6) is 0 Å². The van der Waals surface area contributed by atoms with Crippen molar-refractivity contribution in [1.82, 2.24) is 10.3 Å². The molecule has 2 aromatic rings. The first-order valence-corrected chi connectivity index (χ1v) is 5.06. The summed E-state index contributed by atoms with van der Waals surface area (Å²) in [6.07, 6.45) is 7.30. The van der Waals surface area contributed by atoms with Gasteiger partial charge < -0.3 is 10.3 Å². The van der Waals surface area contributed by atoms with Gasteiger partial charge in [0.1, 0.15) is 0 Å². The van der Waals surface area contributed by atoms with Crippen LogP contribution in [0.2, 0.25) is 0 Å². The molecule has 1 amide bonds. The SMILES string of the molecule is C#CCNC(=O)Cc1ccc2cc[nH]c2c1. The summed E-state index contributed by atoms with van der Waals surface area (Å²) in [7, 11) is 0. The molecule has 0 saturated heterocycles. The molecule has 0 aliphatic heterocycles. The van der Waals surface area contributed by atoms with E-state index in [9.17, 15) is 4.79 Å². The van der Waals surface area contributed by atoms with Gasteiger partial charge in [-0.15, -0.1) is 6.42 Å². The molecule has 2 rings (SSSR count). The predicted molar refractivity (Wildman–Crippen MR) is 63.8 cm³/mol. The van der Waals surface area contributed by atoms with Gasteiger partial charge in [-0.1, -0.05) is 18.1 Å². The predicted octanol–water partition coefficient (Wildman–Crippen LogP) is 1.46. The Balaban J connectivity index is 2.09. The number of terminal acetylenes is 1. The van der Waals surface area contributed by atoms with Gasteiger partial charge in [-0.3, -0.25) is 4.79 Å². The molecule has 0 aliphatic carbocycles. The lowest BCUT2D eigenvalue weighted by Crippen LogP contribution is -2.25. The highest BCUT2D eigenvalue weighted by Gasteiger charge is 2.03. The summed E-state index contributed by atoms with van der Waals surface area (Å²) in [5, 5.41) is 3.78. The minimum atomic E-state index is -0.0520. The summed E-state index contributed by atoms with van der Waals surface area (Å²) in [4.78, 5) is 14.5. The monoisotopic (exact) mass is 212 g/mol. The Bertz CT molecular complexity index is 548. The van der Waals surface area contributed by atoms with Crippen molar-refractivity contribution in [3.63, 3.8) is 0 Å². The summed E-state index contributed by atoms with van der Waals surface area (Å²) in [5.74, 6) is 2.32. The summed E-state index contributed by atoms with van der Waals surface area (Å²) < 4.78 is 0. The summed E-state index contributed by atoms with van der Waals surface area (Å²) in [6.45, 7) is 0.281. The molecule has 0 unspecified atom stereocenters. The van der Waals surface area contributed by atoms with Crippen LogP contribution in [0.3, 0.4) is 0 Å². The Hall–Kier alpha value is -2.21. The summed E-state index contributed by atoms with van der Waals surface area (Å²) in [6, 6.07) is 7.92. The summed E-state index contributed by atoms with van der Waals surface area (Å²) >= 11 is 0. The van der Waals surface area contributed by atoms with E-state index in [0.29, 0.717) is 6.42 Å². The largest absolute Gasteiger partial charge is 0.361 e. The van der Waals surface area contributed by atoms with Crippen LogP contribution < -0.4 is 5.32 Å². The lowest BCUT2D eigenvalue weighted by atomic mass is 10.1. The minimum Gasteiger partial charge on any atom is -0.361 e. The van der Waals surface area contributed by atoms with Gasteiger partial charge in [-0.05, 0) is 23.1 Å². The zero-order chi connectivity index (χ0) is 11.4. The quantitative estimate of drug-likeness (QED) is 0.743. The second-order valence-electron chi connectivity index (χ2n) is 3.56. The molecule has 0 radical (unpaired) electrons. The number of carbonyl (C=O) groups excluding carboxylic acids is 1. The van der Waals surface area contributed by atoms with Gasteiger partial charge in [0.05, 0.1) is 13.0 Å². The number of carbonyl (C=O) groups is 1.